The summed E-state index contributed by atoms with van der Waals surface area (Å²) in [6.07, 6.45) is 0.870. The Morgan fingerprint density at radius 2 is 2.10 bits per heavy atom. The number of nitrogens with zero attached hydrogens (tertiary/aromatic N) is 1. The summed E-state index contributed by atoms with van der Waals surface area (Å²) in [5, 5.41) is 11.6. The van der Waals surface area contributed by atoms with Crippen LogP contribution in [-0.4, -0.2) is 23.2 Å². The third-order valence-corrected chi connectivity index (χ3v) is 2.50. The van der Waals surface area contributed by atoms with Gasteiger partial charge in [0.2, 0.25) is 0 Å². The monoisotopic (exact) mass is 280 g/mol. The van der Waals surface area contributed by atoms with E-state index in [-0.39, 0.29) is 22.8 Å². The van der Waals surface area contributed by atoms with Crippen LogP contribution >= 0.6 is 0 Å². The van der Waals surface area contributed by atoms with Gasteiger partial charge in [-0.05, 0) is 18.2 Å². The summed E-state index contributed by atoms with van der Waals surface area (Å²) in [5.74, 6) is -2.75. The normalized spacial score (nSPS) is 10.2. The molecule has 0 fully saturated rings. The van der Waals surface area contributed by atoms with Crippen molar-refractivity contribution in [3.05, 3.63) is 47.7 Å². The topological polar surface area (TPSA) is 71.5 Å². The molecule has 0 amide bonds. The predicted molar refractivity (Wildman–Crippen MR) is 67.4 cm³/mol. The number of pyridine rings is 1. The van der Waals surface area contributed by atoms with Crippen LogP contribution in [0.4, 0.5) is 20.3 Å². The highest BCUT2D eigenvalue weighted by Gasteiger charge is 2.13. The minimum atomic E-state index is -1.34. The number of carbonyl (C=O) groups is 1. The number of carboxylic acids is 1. The minimum absolute atomic E-state index is 0.0565. The summed E-state index contributed by atoms with van der Waals surface area (Å²) in [5.41, 5.74) is -0.0777. The number of aromatic carboxylic acids is 1. The Balaban J connectivity index is 2.35. The molecule has 5 nitrogen and oxygen atoms in total. The van der Waals surface area contributed by atoms with E-state index in [0.717, 1.165) is 18.3 Å². The lowest BCUT2D eigenvalue weighted by atomic mass is 10.2. The van der Waals surface area contributed by atoms with Crippen molar-refractivity contribution in [3.8, 4) is 5.75 Å². The van der Waals surface area contributed by atoms with E-state index < -0.39 is 17.6 Å². The molecule has 2 rings (SSSR count). The largest absolute Gasteiger partial charge is 0.494 e. The summed E-state index contributed by atoms with van der Waals surface area (Å²) < 4.78 is 31.3. The quantitative estimate of drug-likeness (QED) is 0.901. The van der Waals surface area contributed by atoms with Crippen LogP contribution in [0.2, 0.25) is 0 Å². The van der Waals surface area contributed by atoms with Crippen molar-refractivity contribution in [1.82, 2.24) is 4.98 Å². The van der Waals surface area contributed by atoms with Crippen molar-refractivity contribution in [3.63, 3.8) is 0 Å². The number of benzene rings is 1. The first-order valence-corrected chi connectivity index (χ1v) is 5.50. The molecule has 0 atom stereocenters. The number of ether oxygens (including phenoxy) is 1. The van der Waals surface area contributed by atoms with Crippen LogP contribution in [0.3, 0.4) is 0 Å². The van der Waals surface area contributed by atoms with E-state index >= 15 is 0 Å². The number of anilines is 2. The highest BCUT2D eigenvalue weighted by Crippen LogP contribution is 2.24. The van der Waals surface area contributed by atoms with Crippen LogP contribution in [0.5, 0.6) is 5.75 Å². The molecule has 7 heteroatoms. The van der Waals surface area contributed by atoms with Crippen molar-refractivity contribution in [2.45, 2.75) is 0 Å². The third-order valence-electron chi connectivity index (χ3n) is 2.50. The third kappa shape index (κ3) is 2.82. The highest BCUT2D eigenvalue weighted by molar-refractivity contribution is 5.93. The number of methoxy groups -OCH3 is 1. The molecule has 0 aliphatic rings. The van der Waals surface area contributed by atoms with E-state index in [1.807, 2.05) is 0 Å². The van der Waals surface area contributed by atoms with E-state index in [1.165, 1.54) is 19.2 Å². The lowest BCUT2D eigenvalue weighted by Crippen LogP contribution is -2.06. The Bertz CT molecular complexity index is 662. The molecule has 1 aromatic heterocycles. The van der Waals surface area contributed by atoms with Crippen molar-refractivity contribution in [2.75, 3.05) is 12.4 Å². The number of aromatic nitrogens is 1. The highest BCUT2D eigenvalue weighted by atomic mass is 19.1. The van der Waals surface area contributed by atoms with Gasteiger partial charge in [-0.1, -0.05) is 0 Å². The standard InChI is InChI=1S/C13H10F2N2O3/c1-20-11-3-2-8(5-10(11)15)17-12-9(13(18)19)4-7(14)6-16-12/h2-6H,1H3,(H,16,17)(H,18,19). The molecule has 2 N–H and O–H groups in total. The second-order valence-electron chi connectivity index (χ2n) is 3.83. The maximum absolute atomic E-state index is 13.5. The summed E-state index contributed by atoms with van der Waals surface area (Å²) in [6.45, 7) is 0. The van der Waals surface area contributed by atoms with Gasteiger partial charge in [-0.2, -0.15) is 0 Å². The van der Waals surface area contributed by atoms with Crippen LogP contribution in [-0.2, 0) is 0 Å². The lowest BCUT2D eigenvalue weighted by molar-refractivity contribution is 0.0697. The van der Waals surface area contributed by atoms with E-state index in [0.29, 0.717) is 0 Å². The van der Waals surface area contributed by atoms with Gasteiger partial charge >= 0.3 is 5.97 Å². The zero-order valence-electron chi connectivity index (χ0n) is 10.4. The Labute approximate surface area is 112 Å². The number of rotatable bonds is 4. The molecular formula is C13H10F2N2O3. The molecule has 0 unspecified atom stereocenters. The molecule has 0 saturated carbocycles. The van der Waals surface area contributed by atoms with Gasteiger partial charge < -0.3 is 15.2 Å². The molecule has 0 saturated heterocycles. The molecule has 2 aromatic rings. The smallest absolute Gasteiger partial charge is 0.339 e. The van der Waals surface area contributed by atoms with Crippen LogP contribution in [0.1, 0.15) is 10.4 Å². The number of halogens is 2. The zero-order chi connectivity index (χ0) is 14.7. The molecule has 104 valence electrons. The second-order valence-corrected chi connectivity index (χ2v) is 3.83. The van der Waals surface area contributed by atoms with E-state index in [9.17, 15) is 13.6 Å². The number of carboxylic acid groups (broad SMARTS) is 1. The number of hydrogen-bond acceptors (Lipinski definition) is 4. The Morgan fingerprint density at radius 3 is 2.70 bits per heavy atom. The van der Waals surface area contributed by atoms with Gasteiger partial charge in [-0.25, -0.2) is 18.6 Å². The molecular weight excluding hydrogens is 270 g/mol. The predicted octanol–water partition coefficient (Wildman–Crippen LogP) is 2.81. The van der Waals surface area contributed by atoms with Crippen LogP contribution in [0, 0.1) is 11.6 Å². The van der Waals surface area contributed by atoms with E-state index in [1.54, 1.807) is 0 Å². The molecule has 0 aliphatic heterocycles. The van der Waals surface area contributed by atoms with Crippen molar-refractivity contribution in [1.29, 1.82) is 0 Å². The van der Waals surface area contributed by atoms with Crippen LogP contribution < -0.4 is 10.1 Å². The molecule has 0 aliphatic carbocycles. The van der Waals surface area contributed by atoms with E-state index in [4.69, 9.17) is 9.84 Å². The van der Waals surface area contributed by atoms with Crippen molar-refractivity contribution < 1.29 is 23.4 Å². The van der Waals surface area contributed by atoms with Gasteiger partial charge in [0.05, 0.1) is 13.3 Å². The molecule has 20 heavy (non-hydrogen) atoms. The summed E-state index contributed by atoms with van der Waals surface area (Å²) in [4.78, 5) is 14.6. The van der Waals surface area contributed by atoms with Crippen molar-refractivity contribution >= 4 is 17.5 Å². The van der Waals surface area contributed by atoms with Crippen LogP contribution in [0.25, 0.3) is 0 Å². The fourth-order valence-electron chi connectivity index (χ4n) is 1.58. The van der Waals surface area contributed by atoms with Gasteiger partial charge in [0.1, 0.15) is 17.2 Å². The van der Waals surface area contributed by atoms with Gasteiger partial charge in [0.15, 0.2) is 11.6 Å². The van der Waals surface area contributed by atoms with Gasteiger partial charge in [-0.3, -0.25) is 0 Å². The molecule has 0 radical (unpaired) electrons. The Kier molecular flexibility index (Phi) is 3.79. The average Bonchev–Trinajstić information content (AvgIpc) is 2.41. The maximum atomic E-state index is 13.5. The lowest BCUT2D eigenvalue weighted by Gasteiger charge is -2.09. The Hall–Kier alpha value is -2.70. The average molecular weight is 280 g/mol. The molecule has 0 spiro atoms. The fraction of sp³-hybridized carbons (Fsp3) is 0.0769. The molecule has 1 aromatic carbocycles. The van der Waals surface area contributed by atoms with E-state index in [2.05, 4.69) is 10.3 Å². The first-order chi connectivity index (χ1) is 9.51. The number of hydrogen-bond donors (Lipinski definition) is 2. The summed E-state index contributed by atoms with van der Waals surface area (Å²) in [6, 6.07) is 4.81. The van der Waals surface area contributed by atoms with Crippen molar-refractivity contribution in [2.24, 2.45) is 0 Å². The molecule has 0 bridgehead atoms. The second kappa shape index (κ2) is 5.52. The van der Waals surface area contributed by atoms with Crippen LogP contribution in [0.15, 0.2) is 30.5 Å². The summed E-state index contributed by atoms with van der Waals surface area (Å²) in [7, 11) is 1.33. The first kappa shape index (κ1) is 13.7. The fourth-order valence-corrected chi connectivity index (χ4v) is 1.58. The van der Waals surface area contributed by atoms with Gasteiger partial charge in [0, 0.05) is 11.8 Å². The van der Waals surface area contributed by atoms with Gasteiger partial charge in [-0.15, -0.1) is 0 Å². The maximum Gasteiger partial charge on any atom is 0.339 e. The minimum Gasteiger partial charge on any atom is -0.494 e. The zero-order valence-corrected chi connectivity index (χ0v) is 10.4. The van der Waals surface area contributed by atoms with Gasteiger partial charge in [0.25, 0.3) is 0 Å². The summed E-state index contributed by atoms with van der Waals surface area (Å²) >= 11 is 0. The SMILES string of the molecule is COc1ccc(Nc2ncc(F)cc2C(=O)O)cc1F. The Morgan fingerprint density at radius 1 is 1.35 bits per heavy atom. The first-order valence-electron chi connectivity index (χ1n) is 5.50. The molecule has 1 heterocycles. The number of nitrogens with one attached hydrogen (secondary N) is 1.